The van der Waals surface area contributed by atoms with Gasteiger partial charge in [0.2, 0.25) is 0 Å². The molecule has 1 atom stereocenters. The molecule has 1 rings (SSSR count). The summed E-state index contributed by atoms with van der Waals surface area (Å²) in [6.45, 7) is 5.19. The quantitative estimate of drug-likeness (QED) is 0.743. The molecule has 0 aliphatic heterocycles. The molecule has 1 aromatic heterocycles. The number of ether oxygens (including phenoxy) is 1. The van der Waals surface area contributed by atoms with Crippen LogP contribution in [0.5, 0.6) is 0 Å². The summed E-state index contributed by atoms with van der Waals surface area (Å²) in [6.07, 6.45) is 2.97. The van der Waals surface area contributed by atoms with Crippen molar-refractivity contribution < 1.29 is 4.74 Å². The maximum Gasteiger partial charge on any atom is 0.0531 e. The van der Waals surface area contributed by atoms with E-state index in [9.17, 15) is 0 Å². The Kier molecular flexibility index (Phi) is 5.73. The van der Waals surface area contributed by atoms with Gasteiger partial charge in [-0.25, -0.2) is 0 Å². The second kappa shape index (κ2) is 6.85. The predicted molar refractivity (Wildman–Crippen MR) is 66.2 cm³/mol. The van der Waals surface area contributed by atoms with Gasteiger partial charge in [0.25, 0.3) is 0 Å². The SMILES string of the molecule is COCC[C@@H](C)SCc1ncccc1C. The van der Waals surface area contributed by atoms with Gasteiger partial charge < -0.3 is 4.74 Å². The molecule has 0 unspecified atom stereocenters. The molecule has 1 heterocycles. The first-order valence-corrected chi connectivity index (χ1v) is 6.30. The van der Waals surface area contributed by atoms with Crippen LogP contribution in [0.2, 0.25) is 0 Å². The Morgan fingerprint density at radius 1 is 1.53 bits per heavy atom. The number of hydrogen-bond acceptors (Lipinski definition) is 3. The number of aryl methyl sites for hydroxylation is 1. The minimum atomic E-state index is 0.631. The molecule has 2 nitrogen and oxygen atoms in total. The van der Waals surface area contributed by atoms with Crippen molar-refractivity contribution in [3.05, 3.63) is 29.6 Å². The minimum Gasteiger partial charge on any atom is -0.385 e. The molecule has 0 saturated heterocycles. The molecule has 0 N–H and O–H groups in total. The number of pyridine rings is 1. The molecule has 0 radical (unpaired) electrons. The largest absolute Gasteiger partial charge is 0.385 e. The predicted octanol–water partition coefficient (Wildman–Crippen LogP) is 3.05. The molecular weight excluding hydrogens is 206 g/mol. The topological polar surface area (TPSA) is 22.1 Å². The third-order valence-corrected chi connectivity index (χ3v) is 3.60. The lowest BCUT2D eigenvalue weighted by atomic mass is 10.2. The van der Waals surface area contributed by atoms with Crippen molar-refractivity contribution in [2.45, 2.75) is 31.3 Å². The van der Waals surface area contributed by atoms with Gasteiger partial charge in [-0.2, -0.15) is 11.8 Å². The molecule has 84 valence electrons. The zero-order valence-corrected chi connectivity index (χ0v) is 10.5. The van der Waals surface area contributed by atoms with Crippen molar-refractivity contribution in [3.8, 4) is 0 Å². The Morgan fingerprint density at radius 3 is 3.00 bits per heavy atom. The molecule has 0 bridgehead atoms. The van der Waals surface area contributed by atoms with Crippen LogP contribution in [0.25, 0.3) is 0 Å². The van der Waals surface area contributed by atoms with Gasteiger partial charge >= 0.3 is 0 Å². The third-order valence-electron chi connectivity index (χ3n) is 2.35. The van der Waals surface area contributed by atoms with E-state index in [1.807, 2.05) is 24.0 Å². The highest BCUT2D eigenvalue weighted by Crippen LogP contribution is 2.20. The van der Waals surface area contributed by atoms with E-state index in [2.05, 4.69) is 24.9 Å². The molecular formula is C12H19NOS. The lowest BCUT2D eigenvalue weighted by Gasteiger charge is -2.10. The van der Waals surface area contributed by atoms with Crippen LogP contribution >= 0.6 is 11.8 Å². The number of thioether (sulfide) groups is 1. The second-order valence-electron chi connectivity index (χ2n) is 3.67. The van der Waals surface area contributed by atoms with Gasteiger partial charge in [-0.1, -0.05) is 13.0 Å². The molecule has 0 aliphatic rings. The van der Waals surface area contributed by atoms with Gasteiger partial charge in [-0.15, -0.1) is 0 Å². The van der Waals surface area contributed by atoms with Gasteiger partial charge in [0, 0.05) is 30.9 Å². The van der Waals surface area contributed by atoms with E-state index < -0.39 is 0 Å². The van der Waals surface area contributed by atoms with E-state index in [1.165, 1.54) is 11.3 Å². The fraction of sp³-hybridized carbons (Fsp3) is 0.583. The standard InChI is InChI=1S/C12H19NOS/c1-10-5-4-7-13-12(10)9-15-11(2)6-8-14-3/h4-5,7,11H,6,8-9H2,1-3H3/t11-/m1/s1. The fourth-order valence-corrected chi connectivity index (χ4v) is 2.27. The third kappa shape index (κ3) is 4.67. The normalized spacial score (nSPS) is 12.7. The van der Waals surface area contributed by atoms with Crippen molar-refractivity contribution in [2.24, 2.45) is 0 Å². The van der Waals surface area contributed by atoms with Crippen molar-refractivity contribution in [3.63, 3.8) is 0 Å². The summed E-state index contributed by atoms with van der Waals surface area (Å²) in [7, 11) is 1.75. The molecule has 0 spiro atoms. The summed E-state index contributed by atoms with van der Waals surface area (Å²) in [4.78, 5) is 4.38. The van der Waals surface area contributed by atoms with Crippen LogP contribution in [0.4, 0.5) is 0 Å². The summed E-state index contributed by atoms with van der Waals surface area (Å²) >= 11 is 1.94. The monoisotopic (exact) mass is 225 g/mol. The molecule has 1 aromatic rings. The summed E-state index contributed by atoms with van der Waals surface area (Å²) < 4.78 is 5.06. The summed E-state index contributed by atoms with van der Waals surface area (Å²) in [5, 5.41) is 0.631. The first kappa shape index (κ1) is 12.5. The Hall–Kier alpha value is -0.540. The zero-order chi connectivity index (χ0) is 11.1. The van der Waals surface area contributed by atoms with Gasteiger partial charge in [0.05, 0.1) is 5.69 Å². The average molecular weight is 225 g/mol. The van der Waals surface area contributed by atoms with E-state index in [-0.39, 0.29) is 0 Å². The Labute approximate surface area is 96.4 Å². The number of methoxy groups -OCH3 is 1. The molecule has 15 heavy (non-hydrogen) atoms. The molecule has 0 aromatic carbocycles. The number of nitrogens with zero attached hydrogens (tertiary/aromatic N) is 1. The van der Waals surface area contributed by atoms with Gasteiger partial charge in [0.15, 0.2) is 0 Å². The van der Waals surface area contributed by atoms with E-state index in [0.717, 1.165) is 18.8 Å². The Morgan fingerprint density at radius 2 is 2.33 bits per heavy atom. The van der Waals surface area contributed by atoms with Crippen LogP contribution in [-0.4, -0.2) is 24.0 Å². The van der Waals surface area contributed by atoms with Crippen LogP contribution in [0.1, 0.15) is 24.6 Å². The number of rotatable bonds is 6. The van der Waals surface area contributed by atoms with E-state index in [1.54, 1.807) is 7.11 Å². The maximum absolute atomic E-state index is 5.06. The first-order chi connectivity index (χ1) is 7.24. The molecule has 0 fully saturated rings. The van der Waals surface area contributed by atoms with Crippen molar-refractivity contribution in [2.75, 3.05) is 13.7 Å². The van der Waals surface area contributed by atoms with Crippen LogP contribution in [0.3, 0.4) is 0 Å². The summed E-state index contributed by atoms with van der Waals surface area (Å²) in [5.41, 5.74) is 2.48. The highest BCUT2D eigenvalue weighted by atomic mass is 32.2. The van der Waals surface area contributed by atoms with Crippen LogP contribution in [-0.2, 0) is 10.5 Å². The van der Waals surface area contributed by atoms with Crippen LogP contribution in [0, 0.1) is 6.92 Å². The van der Waals surface area contributed by atoms with E-state index in [0.29, 0.717) is 5.25 Å². The van der Waals surface area contributed by atoms with Gasteiger partial charge in [-0.3, -0.25) is 4.98 Å². The van der Waals surface area contributed by atoms with Crippen LogP contribution < -0.4 is 0 Å². The van der Waals surface area contributed by atoms with Gasteiger partial charge in [-0.05, 0) is 25.0 Å². The van der Waals surface area contributed by atoms with Crippen molar-refractivity contribution >= 4 is 11.8 Å². The van der Waals surface area contributed by atoms with E-state index >= 15 is 0 Å². The molecule has 0 aliphatic carbocycles. The summed E-state index contributed by atoms with van der Waals surface area (Å²) in [6, 6.07) is 4.10. The molecule has 0 saturated carbocycles. The lowest BCUT2D eigenvalue weighted by Crippen LogP contribution is -2.02. The smallest absolute Gasteiger partial charge is 0.0531 e. The van der Waals surface area contributed by atoms with Crippen molar-refractivity contribution in [1.29, 1.82) is 0 Å². The molecule has 0 amide bonds. The highest BCUT2D eigenvalue weighted by Gasteiger charge is 2.04. The Bertz CT molecular complexity index is 291. The number of hydrogen-bond donors (Lipinski definition) is 0. The minimum absolute atomic E-state index is 0.631. The second-order valence-corrected chi connectivity index (χ2v) is 5.10. The van der Waals surface area contributed by atoms with Crippen molar-refractivity contribution in [1.82, 2.24) is 4.98 Å². The first-order valence-electron chi connectivity index (χ1n) is 5.25. The number of aromatic nitrogens is 1. The maximum atomic E-state index is 5.06. The lowest BCUT2D eigenvalue weighted by molar-refractivity contribution is 0.195. The Balaban J connectivity index is 2.33. The zero-order valence-electron chi connectivity index (χ0n) is 9.69. The highest BCUT2D eigenvalue weighted by molar-refractivity contribution is 7.99. The fourth-order valence-electron chi connectivity index (χ4n) is 1.26. The average Bonchev–Trinajstić information content (AvgIpc) is 2.25. The van der Waals surface area contributed by atoms with Crippen LogP contribution in [0.15, 0.2) is 18.3 Å². The molecule has 3 heteroatoms. The van der Waals surface area contributed by atoms with E-state index in [4.69, 9.17) is 4.74 Å². The van der Waals surface area contributed by atoms with Gasteiger partial charge in [0.1, 0.15) is 0 Å². The summed E-state index contributed by atoms with van der Waals surface area (Å²) in [5.74, 6) is 0.998.